The quantitative estimate of drug-likeness (QED) is 0.589. The van der Waals surface area contributed by atoms with E-state index in [9.17, 15) is 4.79 Å². The van der Waals surface area contributed by atoms with Crippen molar-refractivity contribution in [2.75, 3.05) is 39.4 Å². The van der Waals surface area contributed by atoms with E-state index >= 15 is 0 Å². The van der Waals surface area contributed by atoms with Crippen molar-refractivity contribution in [3.8, 4) is 0 Å². The number of nitrogens with one attached hydrogen (secondary N) is 2. The fourth-order valence-electron chi connectivity index (χ4n) is 1.42. The number of urea groups is 1. The molecule has 5 heteroatoms. The molecule has 0 aliphatic carbocycles. The zero-order chi connectivity index (χ0) is 11.1. The van der Waals surface area contributed by atoms with Gasteiger partial charge in [0.1, 0.15) is 0 Å². The average molecular weight is 215 g/mol. The fraction of sp³-hybridized carbons (Fsp3) is 0.900. The van der Waals surface area contributed by atoms with Crippen LogP contribution >= 0.6 is 0 Å². The minimum Gasteiger partial charge on any atom is -0.378 e. The summed E-state index contributed by atoms with van der Waals surface area (Å²) < 4.78 is 5.41. The van der Waals surface area contributed by atoms with Crippen LogP contribution < -0.4 is 10.6 Å². The van der Waals surface area contributed by atoms with Gasteiger partial charge in [-0.05, 0) is 0 Å². The molecule has 1 fully saturated rings. The van der Waals surface area contributed by atoms with Gasteiger partial charge in [-0.2, -0.15) is 0 Å². The van der Waals surface area contributed by atoms with Crippen LogP contribution in [0.3, 0.4) is 0 Å². The molecule has 5 nitrogen and oxygen atoms in total. The molecular weight excluding hydrogens is 194 g/mol. The van der Waals surface area contributed by atoms with Gasteiger partial charge in [-0.1, -0.05) is 13.8 Å². The first-order valence-electron chi connectivity index (χ1n) is 5.54. The van der Waals surface area contributed by atoms with Crippen LogP contribution in [-0.2, 0) is 4.74 Å². The van der Waals surface area contributed by atoms with Crippen molar-refractivity contribution in [2.45, 2.75) is 19.9 Å². The molecule has 0 unspecified atom stereocenters. The summed E-state index contributed by atoms with van der Waals surface area (Å²) in [4.78, 5) is 12.9. The third-order valence-electron chi connectivity index (χ3n) is 2.25. The van der Waals surface area contributed by atoms with Crippen LogP contribution in [0.25, 0.3) is 0 Å². The van der Waals surface area contributed by atoms with Crippen molar-refractivity contribution in [2.24, 2.45) is 0 Å². The average Bonchev–Trinajstić information content (AvgIpc) is 2.57. The molecule has 1 aliphatic rings. The Kier molecular flexibility index (Phi) is 5.42. The Morgan fingerprint density at radius 1 is 1.53 bits per heavy atom. The SMILES string of the molecule is CC(C)NCCOCCN1CCNC1=O. The zero-order valence-electron chi connectivity index (χ0n) is 9.58. The van der Waals surface area contributed by atoms with Gasteiger partial charge in [-0.15, -0.1) is 0 Å². The maximum atomic E-state index is 11.1. The molecule has 1 heterocycles. The lowest BCUT2D eigenvalue weighted by atomic mass is 10.4. The zero-order valence-corrected chi connectivity index (χ0v) is 9.58. The number of nitrogens with zero attached hydrogens (tertiary/aromatic N) is 1. The van der Waals surface area contributed by atoms with E-state index in [-0.39, 0.29) is 6.03 Å². The van der Waals surface area contributed by atoms with Crippen LogP contribution in [0.4, 0.5) is 4.79 Å². The van der Waals surface area contributed by atoms with E-state index in [1.165, 1.54) is 0 Å². The highest BCUT2D eigenvalue weighted by Crippen LogP contribution is 1.95. The summed E-state index contributed by atoms with van der Waals surface area (Å²) in [6.07, 6.45) is 0. The lowest BCUT2D eigenvalue weighted by Gasteiger charge is -2.14. The Hall–Kier alpha value is -0.810. The number of rotatable bonds is 7. The van der Waals surface area contributed by atoms with Gasteiger partial charge in [0.25, 0.3) is 0 Å². The van der Waals surface area contributed by atoms with Crippen LogP contribution in [0, 0.1) is 0 Å². The van der Waals surface area contributed by atoms with Gasteiger partial charge in [0.15, 0.2) is 0 Å². The van der Waals surface area contributed by atoms with Gasteiger partial charge in [-0.3, -0.25) is 0 Å². The number of ether oxygens (including phenoxy) is 1. The molecule has 0 spiro atoms. The van der Waals surface area contributed by atoms with E-state index in [4.69, 9.17) is 4.74 Å². The van der Waals surface area contributed by atoms with Crippen molar-refractivity contribution in [3.05, 3.63) is 0 Å². The predicted octanol–water partition coefficient (Wildman–Crippen LogP) is 0.0262. The van der Waals surface area contributed by atoms with E-state index < -0.39 is 0 Å². The summed E-state index contributed by atoms with van der Waals surface area (Å²) >= 11 is 0. The Bertz CT molecular complexity index is 197. The summed E-state index contributed by atoms with van der Waals surface area (Å²) in [5.74, 6) is 0. The smallest absolute Gasteiger partial charge is 0.317 e. The normalized spacial score (nSPS) is 16.2. The predicted molar refractivity (Wildman–Crippen MR) is 58.9 cm³/mol. The summed E-state index contributed by atoms with van der Waals surface area (Å²) in [6, 6.07) is 0.525. The van der Waals surface area contributed by atoms with Gasteiger partial charge in [-0.25, -0.2) is 4.79 Å². The third kappa shape index (κ3) is 4.99. The maximum Gasteiger partial charge on any atom is 0.317 e. The lowest BCUT2D eigenvalue weighted by Crippen LogP contribution is -2.32. The molecule has 0 aromatic heterocycles. The summed E-state index contributed by atoms with van der Waals surface area (Å²) in [5.41, 5.74) is 0. The van der Waals surface area contributed by atoms with Crippen LogP contribution in [0.5, 0.6) is 0 Å². The topological polar surface area (TPSA) is 53.6 Å². The van der Waals surface area contributed by atoms with Crippen molar-refractivity contribution >= 4 is 6.03 Å². The summed E-state index contributed by atoms with van der Waals surface area (Å²) in [6.45, 7) is 8.64. The van der Waals surface area contributed by atoms with Crippen LogP contribution in [0.15, 0.2) is 0 Å². The largest absolute Gasteiger partial charge is 0.378 e. The number of hydrogen-bond acceptors (Lipinski definition) is 3. The monoisotopic (exact) mass is 215 g/mol. The molecule has 2 N–H and O–H groups in total. The van der Waals surface area contributed by atoms with Gasteiger partial charge >= 0.3 is 6.03 Å². The second kappa shape index (κ2) is 6.63. The van der Waals surface area contributed by atoms with Crippen molar-refractivity contribution in [1.29, 1.82) is 0 Å². The number of carbonyl (C=O) groups is 1. The molecule has 88 valence electrons. The fourth-order valence-corrected chi connectivity index (χ4v) is 1.42. The molecule has 0 radical (unpaired) electrons. The number of amides is 2. The first-order valence-corrected chi connectivity index (χ1v) is 5.54. The van der Waals surface area contributed by atoms with Crippen molar-refractivity contribution in [1.82, 2.24) is 15.5 Å². The molecular formula is C10H21N3O2. The van der Waals surface area contributed by atoms with Gasteiger partial charge < -0.3 is 20.3 Å². The molecule has 15 heavy (non-hydrogen) atoms. The first-order chi connectivity index (χ1) is 7.20. The molecule has 0 bridgehead atoms. The lowest BCUT2D eigenvalue weighted by molar-refractivity contribution is 0.116. The van der Waals surface area contributed by atoms with Crippen LogP contribution in [-0.4, -0.2) is 56.4 Å². The molecule has 2 amide bonds. The molecule has 1 saturated heterocycles. The minimum absolute atomic E-state index is 0.0268. The van der Waals surface area contributed by atoms with E-state index in [2.05, 4.69) is 24.5 Å². The standard InChI is InChI=1S/C10H21N3O2/c1-9(2)11-4-7-15-8-6-13-5-3-12-10(13)14/h9,11H,3-8H2,1-2H3,(H,12,14). The third-order valence-corrected chi connectivity index (χ3v) is 2.25. The Labute approximate surface area is 91.2 Å². The highest BCUT2D eigenvalue weighted by atomic mass is 16.5. The van der Waals surface area contributed by atoms with Crippen LogP contribution in [0.2, 0.25) is 0 Å². The Morgan fingerprint density at radius 2 is 2.33 bits per heavy atom. The first kappa shape index (κ1) is 12.3. The summed E-state index contributed by atoms with van der Waals surface area (Å²) in [5, 5.41) is 6.02. The van der Waals surface area contributed by atoms with Gasteiger partial charge in [0.2, 0.25) is 0 Å². The maximum absolute atomic E-state index is 11.1. The van der Waals surface area contributed by atoms with Crippen LogP contribution in [0.1, 0.15) is 13.8 Å². The van der Waals surface area contributed by atoms with E-state index in [1.807, 2.05) is 0 Å². The van der Waals surface area contributed by atoms with E-state index in [0.717, 1.165) is 19.6 Å². The van der Waals surface area contributed by atoms with Gasteiger partial charge in [0, 0.05) is 32.2 Å². The molecule has 0 saturated carbocycles. The van der Waals surface area contributed by atoms with E-state index in [1.54, 1.807) is 4.90 Å². The van der Waals surface area contributed by atoms with Crippen molar-refractivity contribution < 1.29 is 9.53 Å². The second-order valence-corrected chi connectivity index (χ2v) is 3.94. The summed E-state index contributed by atoms with van der Waals surface area (Å²) in [7, 11) is 0. The second-order valence-electron chi connectivity index (χ2n) is 3.94. The molecule has 0 aromatic rings. The highest BCUT2D eigenvalue weighted by Gasteiger charge is 2.18. The minimum atomic E-state index is 0.0268. The van der Waals surface area contributed by atoms with Gasteiger partial charge in [0.05, 0.1) is 13.2 Å². The van der Waals surface area contributed by atoms with E-state index in [0.29, 0.717) is 25.8 Å². The molecule has 0 aromatic carbocycles. The number of hydrogen-bond donors (Lipinski definition) is 2. The molecule has 0 atom stereocenters. The molecule has 1 rings (SSSR count). The van der Waals surface area contributed by atoms with Crippen molar-refractivity contribution in [3.63, 3.8) is 0 Å². The highest BCUT2D eigenvalue weighted by molar-refractivity contribution is 5.76. The molecule has 1 aliphatic heterocycles. The Morgan fingerprint density at radius 3 is 2.93 bits per heavy atom. The Balaban J connectivity index is 1.90. The number of carbonyl (C=O) groups excluding carboxylic acids is 1.